The topological polar surface area (TPSA) is 0 Å². The van der Waals surface area contributed by atoms with Crippen molar-refractivity contribution in [2.45, 2.75) is 40.5 Å². The second kappa shape index (κ2) is 8.90. The first-order valence-corrected chi connectivity index (χ1v) is 4.68. The zero-order valence-corrected chi connectivity index (χ0v) is 12.2. The van der Waals surface area contributed by atoms with Crippen LogP contribution in [0.2, 0.25) is 0 Å². The molecule has 0 aliphatic rings. The second-order valence-corrected chi connectivity index (χ2v) is 2.96. The molecule has 0 N–H and O–H groups in total. The van der Waals surface area contributed by atoms with Crippen molar-refractivity contribution in [2.24, 2.45) is 0 Å². The molecule has 0 amide bonds. The van der Waals surface area contributed by atoms with Crippen LogP contribution >= 0.6 is 0 Å². The molecular weight excluding hydrogens is 233 g/mol. The third-order valence-corrected chi connectivity index (χ3v) is 1.66. The third kappa shape index (κ3) is 6.40. The molecule has 0 aliphatic carbocycles. The fourth-order valence-corrected chi connectivity index (χ4v) is 0.874. The number of benzene rings is 1. The van der Waals surface area contributed by atoms with E-state index >= 15 is 0 Å². The average Bonchev–Trinajstić information content (AvgIpc) is 2.09. The van der Waals surface area contributed by atoms with Crippen molar-refractivity contribution in [3.63, 3.8) is 0 Å². The molecule has 1 heteroatoms. The zero-order chi connectivity index (χ0) is 9.56. The monoisotopic (exact) mass is 252 g/mol. The first-order chi connectivity index (χ1) is 5.70. The van der Waals surface area contributed by atoms with Crippen LogP contribution in [0.1, 0.15) is 44.7 Å². The van der Waals surface area contributed by atoms with E-state index in [9.17, 15) is 0 Å². The van der Waals surface area contributed by atoms with Gasteiger partial charge in [-0.15, -0.1) is 0 Å². The second-order valence-electron chi connectivity index (χ2n) is 2.96. The minimum Gasteiger partial charge on any atom is -0.180 e. The van der Waals surface area contributed by atoms with Crippen LogP contribution in [0, 0.1) is 13.0 Å². The Morgan fingerprint density at radius 1 is 1.15 bits per heavy atom. The van der Waals surface area contributed by atoms with E-state index in [1.54, 1.807) is 0 Å². The van der Waals surface area contributed by atoms with Gasteiger partial charge in [-0.1, -0.05) is 40.5 Å². The fraction of sp³-hybridized carbons (Fsp3) is 0.500. The van der Waals surface area contributed by atoms with Crippen molar-refractivity contribution < 1.29 is 32.7 Å². The summed E-state index contributed by atoms with van der Waals surface area (Å²) < 4.78 is 0. The van der Waals surface area contributed by atoms with E-state index < -0.39 is 0 Å². The van der Waals surface area contributed by atoms with Gasteiger partial charge in [0, 0.05) is 32.7 Å². The summed E-state index contributed by atoms with van der Waals surface area (Å²) in [4.78, 5) is 0. The van der Waals surface area contributed by atoms with Crippen molar-refractivity contribution in [3.8, 4) is 0 Å². The van der Waals surface area contributed by atoms with E-state index in [0.717, 1.165) is 0 Å². The van der Waals surface area contributed by atoms with Gasteiger partial charge in [-0.05, 0) is 0 Å². The standard InChI is InChI=1S/C10H13.C2H6.Y/c1-8(2)10-6-4-9(3)5-7-10;1-2;/h4,6-8H,1-3H3;1-2H3;/q-1;;. The molecule has 1 radical (unpaired) electrons. The molecule has 0 atom stereocenters. The number of aryl methyl sites for hydroxylation is 1. The Kier molecular flexibility index (Phi) is 10.8. The largest absolute Gasteiger partial charge is 0.180 e. The van der Waals surface area contributed by atoms with Crippen molar-refractivity contribution in [1.29, 1.82) is 0 Å². The molecule has 13 heavy (non-hydrogen) atoms. The van der Waals surface area contributed by atoms with E-state index in [-0.39, 0.29) is 32.7 Å². The summed E-state index contributed by atoms with van der Waals surface area (Å²) in [7, 11) is 0. The van der Waals surface area contributed by atoms with E-state index in [1.807, 2.05) is 13.8 Å². The number of hydrogen-bond donors (Lipinski definition) is 0. The maximum atomic E-state index is 3.18. The smallest absolute Gasteiger partial charge is 0 e. The van der Waals surface area contributed by atoms with Crippen molar-refractivity contribution >= 4 is 0 Å². The van der Waals surface area contributed by atoms with Gasteiger partial charge in [-0.25, -0.2) is 0 Å². The summed E-state index contributed by atoms with van der Waals surface area (Å²) in [5.74, 6) is 0.622. The van der Waals surface area contributed by atoms with Gasteiger partial charge < -0.3 is 0 Å². The number of rotatable bonds is 1. The molecule has 0 unspecified atom stereocenters. The van der Waals surface area contributed by atoms with Crippen LogP contribution < -0.4 is 0 Å². The quantitative estimate of drug-likeness (QED) is 0.664. The van der Waals surface area contributed by atoms with Crippen LogP contribution in [0.5, 0.6) is 0 Å². The predicted molar refractivity (Wildman–Crippen MR) is 55.5 cm³/mol. The Balaban J connectivity index is 0. The van der Waals surface area contributed by atoms with Crippen LogP contribution in [0.25, 0.3) is 0 Å². The van der Waals surface area contributed by atoms with Gasteiger partial charge in [-0.2, -0.15) is 35.4 Å². The molecule has 0 aliphatic heterocycles. The predicted octanol–water partition coefficient (Wildman–Crippen LogP) is 3.94. The maximum absolute atomic E-state index is 3.18. The van der Waals surface area contributed by atoms with Crippen LogP contribution in [0.3, 0.4) is 0 Å². The first-order valence-electron chi connectivity index (χ1n) is 4.68. The Labute approximate surface area is 108 Å². The summed E-state index contributed by atoms with van der Waals surface area (Å²) in [5, 5.41) is 0. The van der Waals surface area contributed by atoms with Crippen molar-refractivity contribution in [3.05, 3.63) is 35.4 Å². The van der Waals surface area contributed by atoms with Crippen molar-refractivity contribution in [2.75, 3.05) is 0 Å². The molecule has 71 valence electrons. The van der Waals surface area contributed by atoms with Gasteiger partial charge in [0.25, 0.3) is 0 Å². The van der Waals surface area contributed by atoms with Gasteiger partial charge in [0.15, 0.2) is 0 Å². The molecule has 1 aromatic rings. The Morgan fingerprint density at radius 2 is 1.69 bits per heavy atom. The van der Waals surface area contributed by atoms with Gasteiger partial charge in [-0.3, -0.25) is 0 Å². The van der Waals surface area contributed by atoms with Crippen molar-refractivity contribution in [1.82, 2.24) is 0 Å². The molecule has 0 heterocycles. The van der Waals surface area contributed by atoms with Crippen LogP contribution in [-0.4, -0.2) is 0 Å². The minimum absolute atomic E-state index is 0. The van der Waals surface area contributed by atoms with E-state index in [1.165, 1.54) is 11.1 Å². The Bertz CT molecular complexity index is 199. The van der Waals surface area contributed by atoms with Gasteiger partial charge >= 0.3 is 0 Å². The summed E-state index contributed by atoms with van der Waals surface area (Å²) in [5.41, 5.74) is 2.58. The molecule has 0 saturated carbocycles. The van der Waals surface area contributed by atoms with Gasteiger partial charge in [0.1, 0.15) is 0 Å². The molecule has 0 saturated heterocycles. The van der Waals surface area contributed by atoms with Crippen LogP contribution in [-0.2, 0) is 32.7 Å². The van der Waals surface area contributed by atoms with Crippen LogP contribution in [0.15, 0.2) is 18.2 Å². The maximum Gasteiger partial charge on any atom is 0 e. The molecular formula is C12H19Y-. The van der Waals surface area contributed by atoms with Gasteiger partial charge in [0.2, 0.25) is 0 Å². The summed E-state index contributed by atoms with van der Waals surface area (Å²) in [6.45, 7) is 10.4. The molecule has 0 fully saturated rings. The summed E-state index contributed by atoms with van der Waals surface area (Å²) in [6, 6.07) is 9.52. The molecule has 0 nitrogen and oxygen atoms in total. The van der Waals surface area contributed by atoms with Crippen LogP contribution in [0.4, 0.5) is 0 Å². The van der Waals surface area contributed by atoms with E-state index in [0.29, 0.717) is 5.92 Å². The SMILES string of the molecule is CC.Cc1[c-]cc(C(C)C)cc1.[Y]. The summed E-state index contributed by atoms with van der Waals surface area (Å²) in [6.07, 6.45) is 0. The number of hydrogen-bond acceptors (Lipinski definition) is 0. The fourth-order valence-electron chi connectivity index (χ4n) is 0.874. The zero-order valence-electron chi connectivity index (χ0n) is 9.39. The Morgan fingerprint density at radius 3 is 2.00 bits per heavy atom. The first kappa shape index (κ1) is 15.8. The summed E-state index contributed by atoms with van der Waals surface area (Å²) >= 11 is 0. The molecule has 1 rings (SSSR count). The van der Waals surface area contributed by atoms with E-state index in [4.69, 9.17) is 0 Å². The molecule has 0 spiro atoms. The Hall–Kier alpha value is 0.324. The minimum atomic E-state index is 0. The van der Waals surface area contributed by atoms with E-state index in [2.05, 4.69) is 45.0 Å². The molecule has 0 aromatic heterocycles. The molecule has 1 aromatic carbocycles. The third-order valence-electron chi connectivity index (χ3n) is 1.66. The normalized spacial score (nSPS) is 8.46. The molecule has 0 bridgehead atoms. The average molecular weight is 252 g/mol. The van der Waals surface area contributed by atoms with Gasteiger partial charge in [0.05, 0.1) is 0 Å².